The second kappa shape index (κ2) is 4.91. The molecule has 6 heteroatoms. The van der Waals surface area contributed by atoms with Gasteiger partial charge in [-0.05, 0) is 0 Å². The molecule has 0 bridgehead atoms. The third-order valence-electron chi connectivity index (χ3n) is 1.22. The van der Waals surface area contributed by atoms with Crippen molar-refractivity contribution in [2.45, 2.75) is 0 Å². The third-order valence-corrected chi connectivity index (χ3v) is 1.22. The molecule has 3 nitrogen and oxygen atoms in total. The lowest BCUT2D eigenvalue weighted by molar-refractivity contribution is 0.288. The molecule has 0 amide bonds. The molecule has 50 valence electrons. The summed E-state index contributed by atoms with van der Waals surface area (Å²) in [4.78, 5) is 0. The molecule has 0 aromatic rings. The van der Waals surface area contributed by atoms with Crippen LogP contribution >= 0.6 is 0 Å². The van der Waals surface area contributed by atoms with Crippen molar-refractivity contribution < 1.29 is 14.0 Å². The zero-order chi connectivity index (χ0) is 7.28. The highest BCUT2D eigenvalue weighted by Gasteiger charge is 2.27. The van der Waals surface area contributed by atoms with E-state index in [-0.39, 0.29) is 13.7 Å². The van der Waals surface area contributed by atoms with Gasteiger partial charge >= 0.3 is 7.01 Å². The fourth-order valence-electron chi connectivity index (χ4n) is 0.591. The quantitative estimate of drug-likeness (QED) is 0.436. The van der Waals surface area contributed by atoms with Crippen molar-refractivity contribution >= 4 is 21.4 Å². The maximum Gasteiger partial charge on any atom is 0.434 e. The molecule has 0 aromatic heterocycles. The predicted octanol–water partition coefficient (Wildman–Crippen LogP) is -1.39. The minimum absolute atomic E-state index is 0.0139. The van der Waals surface area contributed by atoms with Gasteiger partial charge in [0, 0.05) is 21.3 Å². The summed E-state index contributed by atoms with van der Waals surface area (Å²) >= 11 is 0. The first-order valence-electron chi connectivity index (χ1n) is 2.84. The number of hydrogen-bond acceptors (Lipinski definition) is 3. The predicted molar refractivity (Wildman–Crippen MR) is 41.1 cm³/mol. The fourth-order valence-corrected chi connectivity index (χ4v) is 0.591. The van der Waals surface area contributed by atoms with E-state index in [9.17, 15) is 0 Å². The summed E-state index contributed by atoms with van der Waals surface area (Å²) in [6, 6.07) is 0. The van der Waals surface area contributed by atoms with Crippen molar-refractivity contribution in [3.05, 3.63) is 0 Å². The average Bonchev–Trinajstić information content (AvgIpc) is 1.90. The Morgan fingerprint density at radius 1 is 1.00 bits per heavy atom. The van der Waals surface area contributed by atoms with Gasteiger partial charge in [-0.15, -0.1) is 0 Å². The molecule has 0 saturated carbocycles. The van der Waals surface area contributed by atoms with Gasteiger partial charge in [0.05, 0.1) is 0 Å². The van der Waals surface area contributed by atoms with Gasteiger partial charge in [-0.2, -0.15) is 0 Å². The Morgan fingerprint density at radius 2 is 1.44 bits per heavy atom. The monoisotopic (exact) mass is 128 g/mol. The Kier molecular flexibility index (Phi) is 4.95. The van der Waals surface area contributed by atoms with Crippen LogP contribution in [0.4, 0.5) is 0 Å². The van der Waals surface area contributed by atoms with E-state index >= 15 is 0 Å². The Morgan fingerprint density at radius 3 is 1.56 bits per heavy atom. The normalized spacial score (nSPS) is 9.22. The van der Waals surface area contributed by atoms with Gasteiger partial charge < -0.3 is 14.0 Å². The summed E-state index contributed by atoms with van der Waals surface area (Å²) in [7, 11) is 6.43. The summed E-state index contributed by atoms with van der Waals surface area (Å²) < 4.78 is 14.8. The molecular formula is C3H11B3O3. The molecule has 0 aliphatic heterocycles. The Balaban J connectivity index is 3.50. The number of rotatable bonds is 4. The Labute approximate surface area is 57.7 Å². The van der Waals surface area contributed by atoms with Gasteiger partial charge in [-0.25, -0.2) is 0 Å². The highest BCUT2D eigenvalue weighted by molar-refractivity contribution is 7.34. The highest BCUT2D eigenvalue weighted by Crippen LogP contribution is 1.88. The average molecular weight is 128 g/mol. The molecule has 0 heterocycles. The van der Waals surface area contributed by atoms with E-state index in [0.717, 1.165) is 0 Å². The zero-order valence-electron chi connectivity index (χ0n) is 6.38. The van der Waals surface area contributed by atoms with Gasteiger partial charge in [-0.3, -0.25) is 0 Å². The zero-order valence-corrected chi connectivity index (χ0v) is 6.38. The lowest BCUT2D eigenvalue weighted by atomic mass is 9.23. The van der Waals surface area contributed by atoms with Crippen molar-refractivity contribution in [3.8, 4) is 0 Å². The molecule has 9 heavy (non-hydrogen) atoms. The molecule has 0 fully saturated rings. The smallest absolute Gasteiger partial charge is 0.434 e. The van der Waals surface area contributed by atoms with Gasteiger partial charge in [0.25, 0.3) is 6.70 Å². The van der Waals surface area contributed by atoms with Crippen LogP contribution in [0, 0.1) is 0 Å². The molecule has 0 radical (unpaired) electrons. The minimum Gasteiger partial charge on any atom is -0.449 e. The highest BCUT2D eigenvalue weighted by atomic mass is 16.6. The molecule has 0 aliphatic rings. The van der Waals surface area contributed by atoms with E-state index in [1.165, 1.54) is 0 Å². The molecule has 0 N–H and O–H groups in total. The molecule has 0 unspecified atom stereocenters. The molecule has 0 aliphatic carbocycles. The van der Waals surface area contributed by atoms with Crippen LogP contribution in [0.2, 0.25) is 0 Å². The largest absolute Gasteiger partial charge is 0.449 e. The van der Waals surface area contributed by atoms with Crippen LogP contribution in [0.15, 0.2) is 0 Å². The summed E-state index contributed by atoms with van der Waals surface area (Å²) in [6.07, 6.45) is 0. The molecule has 0 atom stereocenters. The van der Waals surface area contributed by atoms with Gasteiger partial charge in [-0.1, -0.05) is 0 Å². The van der Waals surface area contributed by atoms with E-state index in [4.69, 9.17) is 14.0 Å². The second-order valence-electron chi connectivity index (χ2n) is 1.78. The lowest BCUT2D eigenvalue weighted by Gasteiger charge is -2.11. The van der Waals surface area contributed by atoms with Gasteiger partial charge in [0.15, 0.2) is 0 Å². The van der Waals surface area contributed by atoms with Crippen LogP contribution in [0.3, 0.4) is 0 Å². The summed E-state index contributed by atoms with van der Waals surface area (Å²) in [6.45, 7) is -0.0139. The van der Waals surface area contributed by atoms with E-state index in [1.807, 2.05) is 7.74 Å². The Hall–Kier alpha value is 0.0748. The first kappa shape index (κ1) is 9.07. The van der Waals surface area contributed by atoms with Crippen molar-refractivity contribution in [1.29, 1.82) is 0 Å². The SMILES string of the molecule is BB(OC)B(OC)OC. The fraction of sp³-hybridized carbons (Fsp3) is 1.00. The van der Waals surface area contributed by atoms with Crippen molar-refractivity contribution in [2.24, 2.45) is 0 Å². The molecule has 0 rings (SSSR count). The maximum atomic E-state index is 4.94. The summed E-state index contributed by atoms with van der Waals surface area (Å²) in [5.41, 5.74) is 0. The maximum absolute atomic E-state index is 4.94. The molecule has 0 saturated heterocycles. The van der Waals surface area contributed by atoms with Crippen LogP contribution in [0.25, 0.3) is 0 Å². The van der Waals surface area contributed by atoms with Crippen LogP contribution < -0.4 is 0 Å². The van der Waals surface area contributed by atoms with Crippen molar-refractivity contribution in [1.82, 2.24) is 0 Å². The van der Waals surface area contributed by atoms with Gasteiger partial charge in [0.1, 0.15) is 7.74 Å². The number of hydrogen-bond donors (Lipinski definition) is 0. The Bertz CT molecular complexity index is 67.3. The lowest BCUT2D eigenvalue weighted by Crippen LogP contribution is -2.42. The van der Waals surface area contributed by atoms with E-state index in [0.29, 0.717) is 0 Å². The second-order valence-corrected chi connectivity index (χ2v) is 1.78. The topological polar surface area (TPSA) is 27.7 Å². The van der Waals surface area contributed by atoms with E-state index in [1.54, 1.807) is 21.3 Å². The third kappa shape index (κ3) is 2.94. The molecule has 0 spiro atoms. The van der Waals surface area contributed by atoms with E-state index in [2.05, 4.69) is 0 Å². The minimum atomic E-state index is -0.255. The van der Waals surface area contributed by atoms with Crippen LogP contribution in [-0.4, -0.2) is 42.8 Å². The first-order valence-corrected chi connectivity index (χ1v) is 2.84. The first-order chi connectivity index (χ1) is 4.26. The van der Waals surface area contributed by atoms with Crippen LogP contribution in [0.1, 0.15) is 0 Å². The molecule has 0 aromatic carbocycles. The van der Waals surface area contributed by atoms with Crippen LogP contribution in [0.5, 0.6) is 0 Å². The van der Waals surface area contributed by atoms with E-state index < -0.39 is 0 Å². The van der Waals surface area contributed by atoms with Crippen LogP contribution in [-0.2, 0) is 14.0 Å². The summed E-state index contributed by atoms with van der Waals surface area (Å²) in [5, 5.41) is 0. The summed E-state index contributed by atoms with van der Waals surface area (Å²) in [5.74, 6) is 0. The molecular weight excluding hydrogens is 116 g/mol. The van der Waals surface area contributed by atoms with Gasteiger partial charge in [0.2, 0.25) is 0 Å². The van der Waals surface area contributed by atoms with Crippen molar-refractivity contribution in [2.75, 3.05) is 21.3 Å². The standard InChI is InChI=1S/C3H11B3O3/c1-7-5(4)6(8-2)9-3/h4H2,1-3H3. The van der Waals surface area contributed by atoms with Crippen molar-refractivity contribution in [3.63, 3.8) is 0 Å².